The molecule has 2 saturated heterocycles. The molecule has 5 rings (SSSR count). The van der Waals surface area contributed by atoms with Gasteiger partial charge in [-0.15, -0.1) is 0 Å². The predicted molar refractivity (Wildman–Crippen MR) is 168 cm³/mol. The number of aryl methyl sites for hydroxylation is 1. The van der Waals surface area contributed by atoms with E-state index in [0.717, 1.165) is 71.1 Å². The van der Waals surface area contributed by atoms with Crippen LogP contribution in [-0.4, -0.2) is 97.7 Å². The average Bonchev–Trinajstić information content (AvgIpc) is 2.99. The molecule has 6 heteroatoms. The summed E-state index contributed by atoms with van der Waals surface area (Å²) in [5.74, 6) is 0.774. The molecule has 0 spiro atoms. The van der Waals surface area contributed by atoms with Crippen LogP contribution in [0.5, 0.6) is 5.75 Å². The Morgan fingerprint density at radius 1 is 0.878 bits per heavy atom. The highest BCUT2D eigenvalue weighted by atomic mass is 19.1. The largest absolute Gasteiger partial charge is 0.497 e. The Morgan fingerprint density at radius 2 is 1.63 bits per heavy atom. The maximum absolute atomic E-state index is 13.8. The maximum Gasteiger partial charge on any atom is 0.123 e. The number of hydrogen-bond acceptors (Lipinski definition) is 5. The van der Waals surface area contributed by atoms with E-state index < -0.39 is 0 Å². The highest BCUT2D eigenvalue weighted by Gasteiger charge is 2.30. The average molecular weight is 561 g/mol. The van der Waals surface area contributed by atoms with Crippen LogP contribution < -0.4 is 4.74 Å². The molecule has 0 bridgehead atoms. The zero-order valence-electron chi connectivity index (χ0n) is 25.6. The minimum Gasteiger partial charge on any atom is -0.497 e. The van der Waals surface area contributed by atoms with Crippen molar-refractivity contribution in [3.05, 3.63) is 77.6 Å². The molecule has 2 aliphatic rings. The third kappa shape index (κ3) is 7.66. The van der Waals surface area contributed by atoms with Crippen LogP contribution in [0.1, 0.15) is 50.8 Å². The summed E-state index contributed by atoms with van der Waals surface area (Å²) in [5, 5.41) is 2.60. The molecule has 0 aliphatic carbocycles. The highest BCUT2D eigenvalue weighted by Crippen LogP contribution is 2.27. The monoisotopic (exact) mass is 560 g/mol. The van der Waals surface area contributed by atoms with Gasteiger partial charge in [-0.05, 0) is 92.7 Å². The summed E-state index contributed by atoms with van der Waals surface area (Å²) in [6.07, 6.45) is 3.50. The molecule has 0 amide bonds. The Labute approximate surface area is 246 Å². The first-order valence-corrected chi connectivity index (χ1v) is 15.7. The molecule has 2 atom stereocenters. The lowest BCUT2D eigenvalue weighted by atomic mass is 9.99. The van der Waals surface area contributed by atoms with Crippen molar-refractivity contribution in [2.75, 3.05) is 66.0 Å². The first-order chi connectivity index (χ1) is 19.9. The lowest BCUT2D eigenvalue weighted by molar-refractivity contribution is 0.0339. The Hall–Kier alpha value is -2.51. The number of halogens is 1. The summed E-state index contributed by atoms with van der Waals surface area (Å²) in [7, 11) is 1.74. The summed E-state index contributed by atoms with van der Waals surface area (Å²) in [4.78, 5) is 10.5. The zero-order chi connectivity index (χ0) is 28.8. The summed E-state index contributed by atoms with van der Waals surface area (Å²) in [5.41, 5.74) is 2.66. The standard InChI is InChI=1S/C35H49FN4O/c1-27(2)38-20-22-40(23-21-38)35(31-11-14-32(36)15-12-31)26-37-18-19-39(28(3)25-37)17-6-5-8-29-9-7-10-30-13-16-33(41-4)24-34(29)30/h7,9-16,24,27-28,35H,5-6,8,17-23,25-26H2,1-4H3/t28?,35-/m1/s1. The van der Waals surface area contributed by atoms with Gasteiger partial charge in [0.25, 0.3) is 0 Å². The third-order valence-corrected chi connectivity index (χ3v) is 9.38. The van der Waals surface area contributed by atoms with Crippen molar-refractivity contribution >= 4 is 10.8 Å². The molecule has 5 nitrogen and oxygen atoms in total. The Bertz CT molecular complexity index is 1240. The molecular formula is C35H49FN4O. The Kier molecular flexibility index (Phi) is 10.3. The van der Waals surface area contributed by atoms with Crippen molar-refractivity contribution in [3.63, 3.8) is 0 Å². The van der Waals surface area contributed by atoms with Gasteiger partial charge in [-0.2, -0.15) is 0 Å². The smallest absolute Gasteiger partial charge is 0.123 e. The number of methoxy groups -OCH3 is 1. The van der Waals surface area contributed by atoms with E-state index in [-0.39, 0.29) is 5.82 Å². The third-order valence-electron chi connectivity index (χ3n) is 9.38. The normalized spacial score (nSPS) is 20.6. The molecule has 1 unspecified atom stereocenters. The van der Waals surface area contributed by atoms with Crippen LogP contribution in [0.2, 0.25) is 0 Å². The van der Waals surface area contributed by atoms with Crippen molar-refractivity contribution in [2.45, 2.75) is 58.2 Å². The number of fused-ring (bicyclic) bond motifs is 1. The van der Waals surface area contributed by atoms with Gasteiger partial charge in [-0.1, -0.05) is 36.4 Å². The van der Waals surface area contributed by atoms with Crippen LogP contribution in [-0.2, 0) is 6.42 Å². The summed E-state index contributed by atoms with van der Waals surface area (Å²) >= 11 is 0. The topological polar surface area (TPSA) is 22.2 Å². The number of piperazine rings is 2. The van der Waals surface area contributed by atoms with Crippen LogP contribution in [0.15, 0.2) is 60.7 Å². The van der Waals surface area contributed by atoms with Gasteiger partial charge < -0.3 is 4.74 Å². The van der Waals surface area contributed by atoms with E-state index in [4.69, 9.17) is 4.74 Å². The molecule has 2 heterocycles. The minimum atomic E-state index is -0.153. The second-order valence-corrected chi connectivity index (χ2v) is 12.3. The van der Waals surface area contributed by atoms with E-state index in [1.807, 2.05) is 18.2 Å². The van der Waals surface area contributed by atoms with Gasteiger partial charge >= 0.3 is 0 Å². The number of rotatable bonds is 11. The second-order valence-electron chi connectivity index (χ2n) is 12.3. The fraction of sp³-hybridized carbons (Fsp3) is 0.543. The molecule has 41 heavy (non-hydrogen) atoms. The summed E-state index contributed by atoms with van der Waals surface area (Å²) < 4.78 is 19.2. The van der Waals surface area contributed by atoms with E-state index in [9.17, 15) is 4.39 Å². The molecule has 2 aliphatic heterocycles. The van der Waals surface area contributed by atoms with Crippen molar-refractivity contribution in [1.82, 2.24) is 19.6 Å². The SMILES string of the molecule is COc1ccc2cccc(CCCCN3CCN(C[C@H](c4ccc(F)cc4)N4CCN(C(C)C)CC4)CC3C)c2c1. The molecule has 3 aromatic carbocycles. The second kappa shape index (κ2) is 14.1. The molecule has 0 saturated carbocycles. The first kappa shape index (κ1) is 30.0. The minimum absolute atomic E-state index is 0.153. The molecule has 3 aromatic rings. The zero-order valence-corrected chi connectivity index (χ0v) is 25.6. The maximum atomic E-state index is 13.8. The van der Waals surface area contributed by atoms with Crippen molar-refractivity contribution in [3.8, 4) is 5.75 Å². The van der Waals surface area contributed by atoms with E-state index in [1.165, 1.54) is 34.7 Å². The molecule has 0 aromatic heterocycles. The highest BCUT2D eigenvalue weighted by molar-refractivity contribution is 5.87. The van der Waals surface area contributed by atoms with Crippen LogP contribution in [0.3, 0.4) is 0 Å². The van der Waals surface area contributed by atoms with Gasteiger partial charge in [-0.3, -0.25) is 19.6 Å². The van der Waals surface area contributed by atoms with Crippen molar-refractivity contribution in [1.29, 1.82) is 0 Å². The number of hydrogen-bond donors (Lipinski definition) is 0. The van der Waals surface area contributed by atoms with E-state index in [1.54, 1.807) is 19.2 Å². The van der Waals surface area contributed by atoms with Crippen molar-refractivity contribution < 1.29 is 9.13 Å². The Balaban J connectivity index is 1.13. The number of nitrogens with zero attached hydrogens (tertiary/aromatic N) is 4. The van der Waals surface area contributed by atoms with Gasteiger partial charge in [0.15, 0.2) is 0 Å². The van der Waals surface area contributed by atoms with Crippen LogP contribution in [0, 0.1) is 5.82 Å². The molecular weight excluding hydrogens is 511 g/mol. The fourth-order valence-corrected chi connectivity index (χ4v) is 6.79. The van der Waals surface area contributed by atoms with Gasteiger partial charge in [-0.25, -0.2) is 4.39 Å². The molecule has 2 fully saturated rings. The molecule has 0 N–H and O–H groups in total. The number of unbranched alkanes of at least 4 members (excludes halogenated alkanes) is 1. The Morgan fingerprint density at radius 3 is 2.34 bits per heavy atom. The number of benzene rings is 3. The summed E-state index contributed by atoms with van der Waals surface area (Å²) in [6, 6.07) is 21.7. The summed E-state index contributed by atoms with van der Waals surface area (Å²) in [6.45, 7) is 16.8. The molecule has 0 radical (unpaired) electrons. The number of ether oxygens (including phenoxy) is 1. The van der Waals surface area contributed by atoms with E-state index in [2.05, 4.69) is 70.7 Å². The van der Waals surface area contributed by atoms with Gasteiger partial charge in [0, 0.05) is 70.5 Å². The van der Waals surface area contributed by atoms with Crippen LogP contribution in [0.25, 0.3) is 10.8 Å². The first-order valence-electron chi connectivity index (χ1n) is 15.7. The quantitative estimate of drug-likeness (QED) is 0.264. The lowest BCUT2D eigenvalue weighted by Crippen LogP contribution is -2.55. The van der Waals surface area contributed by atoms with Gasteiger partial charge in [0.2, 0.25) is 0 Å². The van der Waals surface area contributed by atoms with Gasteiger partial charge in [0.1, 0.15) is 11.6 Å². The molecule has 222 valence electrons. The fourth-order valence-electron chi connectivity index (χ4n) is 6.79. The van der Waals surface area contributed by atoms with E-state index >= 15 is 0 Å². The van der Waals surface area contributed by atoms with Crippen LogP contribution in [0.4, 0.5) is 4.39 Å². The predicted octanol–water partition coefficient (Wildman–Crippen LogP) is 6.08. The van der Waals surface area contributed by atoms with Crippen LogP contribution >= 0.6 is 0 Å². The van der Waals surface area contributed by atoms with Gasteiger partial charge in [0.05, 0.1) is 7.11 Å². The van der Waals surface area contributed by atoms with Crippen molar-refractivity contribution in [2.24, 2.45) is 0 Å². The van der Waals surface area contributed by atoms with E-state index in [0.29, 0.717) is 18.1 Å². The lowest BCUT2D eigenvalue weighted by Gasteiger charge is -2.45.